The van der Waals surface area contributed by atoms with E-state index in [4.69, 9.17) is 9.15 Å². The van der Waals surface area contributed by atoms with Crippen molar-refractivity contribution in [2.45, 2.75) is 25.8 Å². The largest absolute Gasteiger partial charge is 0.467 e. The zero-order valence-electron chi connectivity index (χ0n) is 12.2. The van der Waals surface area contributed by atoms with E-state index < -0.39 is 0 Å². The molecule has 1 unspecified atom stereocenters. The molecule has 4 nitrogen and oxygen atoms in total. The fourth-order valence-electron chi connectivity index (χ4n) is 2.20. The molecule has 112 valence electrons. The molecule has 21 heavy (non-hydrogen) atoms. The first-order valence-corrected chi connectivity index (χ1v) is 7.28. The van der Waals surface area contributed by atoms with Crippen molar-refractivity contribution >= 4 is 5.97 Å². The Morgan fingerprint density at radius 3 is 2.71 bits per heavy atom. The number of hydrogen-bond acceptors (Lipinski definition) is 4. The van der Waals surface area contributed by atoms with Gasteiger partial charge in [0.2, 0.25) is 0 Å². The zero-order valence-corrected chi connectivity index (χ0v) is 12.2. The van der Waals surface area contributed by atoms with E-state index in [1.54, 1.807) is 6.26 Å². The van der Waals surface area contributed by atoms with E-state index in [0.717, 1.165) is 24.3 Å². The van der Waals surface area contributed by atoms with Crippen LogP contribution in [0.25, 0.3) is 0 Å². The van der Waals surface area contributed by atoms with Gasteiger partial charge in [0, 0.05) is 6.42 Å². The highest BCUT2D eigenvalue weighted by Gasteiger charge is 2.15. The van der Waals surface area contributed by atoms with Crippen LogP contribution in [0.1, 0.15) is 37.1 Å². The van der Waals surface area contributed by atoms with Gasteiger partial charge in [-0.1, -0.05) is 30.3 Å². The summed E-state index contributed by atoms with van der Waals surface area (Å²) in [6, 6.07) is 14.0. The van der Waals surface area contributed by atoms with Crippen molar-refractivity contribution in [3.05, 3.63) is 60.1 Å². The summed E-state index contributed by atoms with van der Waals surface area (Å²) in [5.74, 6) is 0.728. The average molecular weight is 287 g/mol. The van der Waals surface area contributed by atoms with E-state index in [2.05, 4.69) is 17.4 Å². The van der Waals surface area contributed by atoms with E-state index in [1.807, 2.05) is 37.3 Å². The third kappa shape index (κ3) is 4.76. The van der Waals surface area contributed by atoms with Gasteiger partial charge in [-0.25, -0.2) is 0 Å². The Balaban J connectivity index is 1.91. The molecule has 0 aliphatic heterocycles. The molecule has 0 aliphatic carbocycles. The molecule has 0 bridgehead atoms. The number of carbonyl (C=O) groups is 1. The SMILES string of the molecule is CCOC(=O)CCCNC(c1ccccc1)c1ccco1. The van der Waals surface area contributed by atoms with Crippen molar-refractivity contribution in [1.82, 2.24) is 5.32 Å². The lowest BCUT2D eigenvalue weighted by atomic mass is 10.0. The Morgan fingerprint density at radius 1 is 1.24 bits per heavy atom. The number of furan rings is 1. The number of hydrogen-bond donors (Lipinski definition) is 1. The van der Waals surface area contributed by atoms with Crippen molar-refractivity contribution in [1.29, 1.82) is 0 Å². The number of rotatable bonds is 8. The van der Waals surface area contributed by atoms with Crippen molar-refractivity contribution in [3.8, 4) is 0 Å². The lowest BCUT2D eigenvalue weighted by molar-refractivity contribution is -0.143. The maximum atomic E-state index is 11.3. The van der Waals surface area contributed by atoms with Gasteiger partial charge in [-0.2, -0.15) is 0 Å². The molecule has 1 aromatic heterocycles. The van der Waals surface area contributed by atoms with Gasteiger partial charge in [-0.15, -0.1) is 0 Å². The van der Waals surface area contributed by atoms with Gasteiger partial charge in [0.15, 0.2) is 0 Å². The fraction of sp³-hybridized carbons (Fsp3) is 0.353. The molecule has 2 aromatic rings. The van der Waals surface area contributed by atoms with E-state index in [-0.39, 0.29) is 12.0 Å². The smallest absolute Gasteiger partial charge is 0.305 e. The first-order chi connectivity index (χ1) is 10.3. The predicted molar refractivity (Wildman–Crippen MR) is 80.9 cm³/mol. The number of nitrogens with one attached hydrogen (secondary N) is 1. The Kier molecular flexibility index (Phi) is 6.03. The second-order valence-corrected chi connectivity index (χ2v) is 4.72. The Bertz CT molecular complexity index is 522. The van der Waals surface area contributed by atoms with Gasteiger partial charge in [0.1, 0.15) is 5.76 Å². The van der Waals surface area contributed by atoms with Crippen LogP contribution in [0, 0.1) is 0 Å². The summed E-state index contributed by atoms with van der Waals surface area (Å²) in [7, 11) is 0. The Hall–Kier alpha value is -2.07. The van der Waals surface area contributed by atoms with Crippen LogP contribution in [0.3, 0.4) is 0 Å². The number of carbonyl (C=O) groups excluding carboxylic acids is 1. The highest BCUT2D eigenvalue weighted by atomic mass is 16.5. The lowest BCUT2D eigenvalue weighted by Gasteiger charge is -2.17. The van der Waals surface area contributed by atoms with Crippen LogP contribution in [0.2, 0.25) is 0 Å². The third-order valence-corrected chi connectivity index (χ3v) is 3.17. The van der Waals surface area contributed by atoms with Crippen molar-refractivity contribution < 1.29 is 13.9 Å². The molecule has 0 fully saturated rings. The predicted octanol–water partition coefficient (Wildman–Crippen LogP) is 3.30. The second-order valence-electron chi connectivity index (χ2n) is 4.72. The molecule has 1 heterocycles. The normalized spacial score (nSPS) is 12.0. The number of benzene rings is 1. The minimum atomic E-state index is -0.145. The van der Waals surface area contributed by atoms with Crippen LogP contribution in [-0.4, -0.2) is 19.1 Å². The summed E-state index contributed by atoms with van der Waals surface area (Å²) in [6.45, 7) is 2.98. The van der Waals surface area contributed by atoms with E-state index in [0.29, 0.717) is 13.0 Å². The van der Waals surface area contributed by atoms with Gasteiger partial charge >= 0.3 is 5.97 Å². The van der Waals surface area contributed by atoms with Crippen LogP contribution in [0.4, 0.5) is 0 Å². The molecule has 0 radical (unpaired) electrons. The van der Waals surface area contributed by atoms with Crippen LogP contribution < -0.4 is 5.32 Å². The van der Waals surface area contributed by atoms with Crippen molar-refractivity contribution in [2.75, 3.05) is 13.2 Å². The first kappa shape index (κ1) is 15.3. The molecular weight excluding hydrogens is 266 g/mol. The van der Waals surface area contributed by atoms with E-state index in [9.17, 15) is 4.79 Å². The monoisotopic (exact) mass is 287 g/mol. The van der Waals surface area contributed by atoms with E-state index >= 15 is 0 Å². The average Bonchev–Trinajstić information content (AvgIpc) is 3.02. The molecule has 0 spiro atoms. The standard InChI is InChI=1S/C17H21NO3/c1-2-20-16(19)11-6-12-18-17(15-10-7-13-21-15)14-8-4-3-5-9-14/h3-5,7-10,13,17-18H,2,6,11-12H2,1H3. The summed E-state index contributed by atoms with van der Waals surface area (Å²) >= 11 is 0. The molecule has 0 saturated carbocycles. The summed E-state index contributed by atoms with van der Waals surface area (Å²) in [5.41, 5.74) is 1.14. The van der Waals surface area contributed by atoms with Crippen LogP contribution in [0.5, 0.6) is 0 Å². The minimum Gasteiger partial charge on any atom is -0.467 e. The Morgan fingerprint density at radius 2 is 2.05 bits per heavy atom. The van der Waals surface area contributed by atoms with Gasteiger partial charge < -0.3 is 14.5 Å². The van der Waals surface area contributed by atoms with Crippen LogP contribution >= 0.6 is 0 Å². The highest BCUT2D eigenvalue weighted by molar-refractivity contribution is 5.69. The van der Waals surface area contributed by atoms with Gasteiger partial charge in [-0.05, 0) is 37.6 Å². The Labute approximate surface area is 125 Å². The first-order valence-electron chi connectivity index (χ1n) is 7.28. The molecular formula is C17H21NO3. The second kappa shape index (κ2) is 8.27. The van der Waals surface area contributed by atoms with Crippen LogP contribution in [0.15, 0.2) is 53.1 Å². The number of ether oxygens (including phenoxy) is 1. The fourth-order valence-corrected chi connectivity index (χ4v) is 2.20. The molecule has 0 saturated heterocycles. The summed E-state index contributed by atoms with van der Waals surface area (Å²) in [4.78, 5) is 11.3. The molecule has 0 amide bonds. The molecule has 1 atom stereocenters. The zero-order chi connectivity index (χ0) is 14.9. The summed E-state index contributed by atoms with van der Waals surface area (Å²) < 4.78 is 10.4. The summed E-state index contributed by atoms with van der Waals surface area (Å²) in [6.07, 6.45) is 2.84. The van der Waals surface area contributed by atoms with Gasteiger partial charge in [0.25, 0.3) is 0 Å². The van der Waals surface area contributed by atoms with Gasteiger partial charge in [0.05, 0.1) is 18.9 Å². The van der Waals surface area contributed by atoms with Gasteiger partial charge in [-0.3, -0.25) is 4.79 Å². The topological polar surface area (TPSA) is 51.5 Å². The molecule has 2 rings (SSSR count). The van der Waals surface area contributed by atoms with Crippen LogP contribution in [-0.2, 0) is 9.53 Å². The molecule has 4 heteroatoms. The number of esters is 1. The highest BCUT2D eigenvalue weighted by Crippen LogP contribution is 2.22. The summed E-state index contributed by atoms with van der Waals surface area (Å²) in [5, 5.41) is 3.43. The molecule has 0 aliphatic rings. The van der Waals surface area contributed by atoms with E-state index in [1.165, 1.54) is 0 Å². The maximum absolute atomic E-state index is 11.3. The van der Waals surface area contributed by atoms with Crippen molar-refractivity contribution in [3.63, 3.8) is 0 Å². The molecule has 1 aromatic carbocycles. The third-order valence-electron chi connectivity index (χ3n) is 3.17. The lowest BCUT2D eigenvalue weighted by Crippen LogP contribution is -2.23. The maximum Gasteiger partial charge on any atom is 0.305 e. The quantitative estimate of drug-likeness (QED) is 0.598. The van der Waals surface area contributed by atoms with Crippen molar-refractivity contribution in [2.24, 2.45) is 0 Å². The molecule has 1 N–H and O–H groups in total. The minimum absolute atomic E-state index is 0.00314.